The number of aromatic nitrogens is 3. The van der Waals surface area contributed by atoms with Crippen LogP contribution in [0.15, 0.2) is 47.9 Å². The fourth-order valence-corrected chi connectivity index (χ4v) is 6.59. The van der Waals surface area contributed by atoms with Gasteiger partial charge in [0.05, 0.1) is 40.1 Å². The molecule has 4 aromatic rings. The van der Waals surface area contributed by atoms with Crippen molar-refractivity contribution in [1.82, 2.24) is 19.4 Å². The molecule has 46 heavy (non-hydrogen) atoms. The van der Waals surface area contributed by atoms with Gasteiger partial charge in [0.1, 0.15) is 17.6 Å². The maximum atomic E-state index is 16.9. The van der Waals surface area contributed by atoms with Crippen molar-refractivity contribution in [3.05, 3.63) is 82.3 Å². The first-order valence-corrected chi connectivity index (χ1v) is 14.7. The van der Waals surface area contributed by atoms with Crippen molar-refractivity contribution in [3.8, 4) is 22.6 Å². The molecule has 13 heteroatoms. The number of piperazine rings is 1. The van der Waals surface area contributed by atoms with Crippen molar-refractivity contribution in [2.75, 3.05) is 29.9 Å². The maximum absolute atomic E-state index is 16.9. The lowest BCUT2D eigenvalue weighted by atomic mass is 9.98. The van der Waals surface area contributed by atoms with E-state index >= 15 is 8.78 Å². The number of hydrogen-bond donors (Lipinski definition) is 1. The molecule has 238 valence electrons. The van der Waals surface area contributed by atoms with E-state index in [0.717, 1.165) is 23.1 Å². The minimum atomic E-state index is -1.51. The summed E-state index contributed by atoms with van der Waals surface area (Å²) in [6.07, 6.45) is 2.73. The zero-order chi connectivity index (χ0) is 33.4. The lowest BCUT2D eigenvalue weighted by Crippen LogP contribution is -2.63. The molecule has 0 spiro atoms. The molecule has 2 unspecified atom stereocenters. The van der Waals surface area contributed by atoms with Crippen LogP contribution < -0.4 is 15.5 Å². The molecule has 4 heterocycles. The van der Waals surface area contributed by atoms with E-state index in [-0.39, 0.29) is 41.4 Å². The molecule has 0 bridgehead atoms. The fourth-order valence-electron chi connectivity index (χ4n) is 6.59. The molecule has 0 saturated carbocycles. The number of aromatic hydroxyl groups is 1. The van der Waals surface area contributed by atoms with Crippen LogP contribution in [0.5, 0.6) is 5.75 Å². The lowest BCUT2D eigenvalue weighted by Gasteiger charge is -2.45. The Morgan fingerprint density at radius 3 is 2.50 bits per heavy atom. The normalized spacial score (nSPS) is 17.8. The second-order valence-electron chi connectivity index (χ2n) is 11.9. The average molecular weight is 633 g/mol. The van der Waals surface area contributed by atoms with E-state index in [0.29, 0.717) is 23.0 Å². The Labute approximate surface area is 262 Å². The average Bonchev–Trinajstić information content (AvgIpc) is 3.10. The van der Waals surface area contributed by atoms with Crippen LogP contribution in [0.1, 0.15) is 37.9 Å². The number of phenolic OH excluding ortho intramolecular Hbond substituents is 1. The van der Waals surface area contributed by atoms with Gasteiger partial charge in [-0.1, -0.05) is 20.4 Å². The van der Waals surface area contributed by atoms with Gasteiger partial charge in [-0.05, 0) is 55.7 Å². The van der Waals surface area contributed by atoms with E-state index < -0.39 is 63.9 Å². The molecule has 2 aliphatic rings. The number of benzene rings is 2. The van der Waals surface area contributed by atoms with E-state index in [1.807, 2.05) is 13.8 Å². The minimum absolute atomic E-state index is 0.00539. The first-order valence-electron chi connectivity index (χ1n) is 14.7. The van der Waals surface area contributed by atoms with E-state index in [1.165, 1.54) is 16.5 Å². The number of anilines is 2. The van der Waals surface area contributed by atoms with Crippen molar-refractivity contribution in [2.45, 2.75) is 45.7 Å². The van der Waals surface area contributed by atoms with Crippen LogP contribution in [0.25, 0.3) is 27.7 Å². The highest BCUT2D eigenvalue weighted by Crippen LogP contribution is 2.46. The van der Waals surface area contributed by atoms with Gasteiger partial charge < -0.3 is 19.8 Å². The second-order valence-corrected chi connectivity index (χ2v) is 11.9. The van der Waals surface area contributed by atoms with Gasteiger partial charge in [-0.3, -0.25) is 19.1 Å². The molecule has 10 nitrogen and oxygen atoms in total. The third kappa shape index (κ3) is 4.44. The molecule has 1 saturated heterocycles. The van der Waals surface area contributed by atoms with Crippen LogP contribution >= 0.6 is 0 Å². The van der Waals surface area contributed by atoms with Gasteiger partial charge in [0.25, 0.3) is 5.91 Å². The molecule has 1 fully saturated rings. The predicted molar refractivity (Wildman–Crippen MR) is 167 cm³/mol. The number of pyridine rings is 1. The van der Waals surface area contributed by atoms with Crippen molar-refractivity contribution in [2.24, 2.45) is 0 Å². The molecule has 0 radical (unpaired) electrons. The number of rotatable bonds is 4. The van der Waals surface area contributed by atoms with E-state index in [1.54, 1.807) is 31.0 Å². The van der Waals surface area contributed by atoms with Gasteiger partial charge in [0.2, 0.25) is 5.91 Å². The third-order valence-electron chi connectivity index (χ3n) is 8.71. The molecule has 2 atom stereocenters. The summed E-state index contributed by atoms with van der Waals surface area (Å²) in [6.45, 7) is 10.9. The van der Waals surface area contributed by atoms with Crippen LogP contribution in [-0.4, -0.2) is 68.6 Å². The Hall–Kier alpha value is -5.20. The van der Waals surface area contributed by atoms with Gasteiger partial charge in [-0.15, -0.1) is 0 Å². The maximum Gasteiger partial charge on any atom is 0.354 e. The summed E-state index contributed by atoms with van der Waals surface area (Å²) in [5.74, 6) is -5.97. The van der Waals surface area contributed by atoms with Crippen LogP contribution in [0.2, 0.25) is 0 Å². The van der Waals surface area contributed by atoms with Crippen molar-refractivity contribution in [3.63, 3.8) is 0 Å². The molecular weight excluding hydrogens is 601 g/mol. The highest BCUT2D eigenvalue weighted by Gasteiger charge is 2.45. The summed E-state index contributed by atoms with van der Waals surface area (Å²) >= 11 is 0. The summed E-state index contributed by atoms with van der Waals surface area (Å²) < 4.78 is 48.1. The van der Waals surface area contributed by atoms with Crippen molar-refractivity contribution >= 4 is 34.2 Å². The molecule has 2 amide bonds. The monoisotopic (exact) mass is 632 g/mol. The SMILES string of the molecule is C=CC(=O)N1CC(C)N2c3nc(=O)n(-c4c(C)ccnc4C(C)C)c4cc(-c5c(O)ccc(F)c5F)c(F)c(c34)N(C)C(=O)C2C1. The number of likely N-dealkylation sites (N-methyl/N-ethyl adjacent to an activating group) is 1. The Kier molecular flexibility index (Phi) is 7.37. The van der Waals surface area contributed by atoms with Crippen molar-refractivity contribution < 1.29 is 27.9 Å². The molecule has 6 rings (SSSR count). The van der Waals surface area contributed by atoms with E-state index in [2.05, 4.69) is 16.5 Å². The third-order valence-corrected chi connectivity index (χ3v) is 8.71. The van der Waals surface area contributed by atoms with Crippen LogP contribution in [0.4, 0.5) is 24.7 Å². The Balaban J connectivity index is 1.81. The number of carbonyl (C=O) groups is 2. The number of halogens is 3. The predicted octanol–water partition coefficient (Wildman–Crippen LogP) is 4.57. The highest BCUT2D eigenvalue weighted by atomic mass is 19.2. The van der Waals surface area contributed by atoms with Gasteiger partial charge in [0.15, 0.2) is 17.5 Å². The number of hydrogen-bond acceptors (Lipinski definition) is 7. The molecule has 0 aliphatic carbocycles. The number of carbonyl (C=O) groups excluding carboxylic acids is 2. The fraction of sp³-hybridized carbons (Fsp3) is 0.303. The second kappa shape index (κ2) is 11.0. The standard InChI is InChI=1S/C33H31F3N6O4/c1-7-23(44)40-13-17(5)41-21(14-40)32(45)39(6)30-25-20(12-18(26(30)35)24-22(43)9-8-19(34)27(24)36)42(33(46)38-31(25)41)29-16(4)10-11-37-28(29)15(2)3/h7-12,15,17,21,43H,1,13-14H2,2-6H3. The quantitative estimate of drug-likeness (QED) is 0.328. The summed E-state index contributed by atoms with van der Waals surface area (Å²) in [5, 5.41) is 10.7. The Morgan fingerprint density at radius 2 is 1.83 bits per heavy atom. The summed E-state index contributed by atoms with van der Waals surface area (Å²) in [4.78, 5) is 54.0. The summed E-state index contributed by atoms with van der Waals surface area (Å²) in [7, 11) is 1.32. The number of fused-ring (bicyclic) bond motifs is 2. The largest absolute Gasteiger partial charge is 0.507 e. The molecule has 2 aromatic carbocycles. The van der Waals surface area contributed by atoms with Crippen LogP contribution in [0, 0.1) is 24.4 Å². The number of nitrogens with zero attached hydrogens (tertiary/aromatic N) is 6. The number of phenols is 1. The minimum Gasteiger partial charge on any atom is -0.507 e. The van der Waals surface area contributed by atoms with Gasteiger partial charge >= 0.3 is 5.69 Å². The van der Waals surface area contributed by atoms with Gasteiger partial charge in [-0.25, -0.2) is 18.0 Å². The van der Waals surface area contributed by atoms with E-state index in [9.17, 15) is 23.9 Å². The Bertz CT molecular complexity index is 2040. The molecule has 1 N–H and O–H groups in total. The first-order chi connectivity index (χ1) is 21.8. The van der Waals surface area contributed by atoms with Crippen LogP contribution in [0.3, 0.4) is 0 Å². The van der Waals surface area contributed by atoms with Crippen LogP contribution in [-0.2, 0) is 9.59 Å². The highest BCUT2D eigenvalue weighted by molar-refractivity contribution is 6.14. The van der Waals surface area contributed by atoms with Crippen molar-refractivity contribution in [1.29, 1.82) is 0 Å². The summed E-state index contributed by atoms with van der Waals surface area (Å²) in [6, 6.07) is 2.82. The van der Waals surface area contributed by atoms with Gasteiger partial charge in [0, 0.05) is 31.4 Å². The molecule has 2 aromatic heterocycles. The topological polar surface area (TPSA) is 112 Å². The summed E-state index contributed by atoms with van der Waals surface area (Å²) in [5.41, 5.74) is -0.964. The molecular formula is C33H31F3N6O4. The first kappa shape index (κ1) is 30.8. The number of aryl methyl sites for hydroxylation is 1. The zero-order valence-corrected chi connectivity index (χ0v) is 25.8. The van der Waals surface area contributed by atoms with E-state index in [4.69, 9.17) is 0 Å². The number of amides is 2. The zero-order valence-electron chi connectivity index (χ0n) is 25.8. The Morgan fingerprint density at radius 1 is 1.11 bits per heavy atom. The smallest absolute Gasteiger partial charge is 0.354 e. The molecule has 2 aliphatic heterocycles. The lowest BCUT2D eigenvalue weighted by molar-refractivity contribution is -0.129. The van der Waals surface area contributed by atoms with Gasteiger partial charge in [-0.2, -0.15) is 4.98 Å².